The molecule has 0 atom stereocenters. The first-order valence-corrected chi connectivity index (χ1v) is 5.06. The van der Waals surface area contributed by atoms with Gasteiger partial charge in [0, 0.05) is 33.2 Å². The molecule has 0 aromatic carbocycles. The average Bonchev–Trinajstić information content (AvgIpc) is 2.49. The number of rotatable bonds is 6. The van der Waals surface area contributed by atoms with Gasteiger partial charge < -0.3 is 9.64 Å². The number of ketones is 1. The van der Waals surface area contributed by atoms with Crippen LogP contribution in [-0.4, -0.2) is 43.4 Å². The zero-order chi connectivity index (χ0) is 10.4. The minimum Gasteiger partial charge on any atom is -0.385 e. The maximum atomic E-state index is 11.2. The molecule has 1 aliphatic heterocycles. The van der Waals surface area contributed by atoms with E-state index in [1.54, 1.807) is 12.0 Å². The first kappa shape index (κ1) is 11.2. The van der Waals surface area contributed by atoms with Crippen LogP contribution in [0.3, 0.4) is 0 Å². The number of hydrogen-bond donors (Lipinski definition) is 0. The van der Waals surface area contributed by atoms with Gasteiger partial charge in [0.1, 0.15) is 0 Å². The van der Waals surface area contributed by atoms with Crippen LogP contribution in [0.1, 0.15) is 25.7 Å². The van der Waals surface area contributed by atoms with E-state index >= 15 is 0 Å². The molecule has 0 unspecified atom stereocenters. The summed E-state index contributed by atoms with van der Waals surface area (Å²) in [6.07, 6.45) is 3.43. The molecule has 1 aliphatic rings. The lowest BCUT2D eigenvalue weighted by Crippen LogP contribution is -2.28. The average molecular weight is 199 g/mol. The summed E-state index contributed by atoms with van der Waals surface area (Å²) in [5.74, 6) is -0.529. The Morgan fingerprint density at radius 1 is 1.29 bits per heavy atom. The van der Waals surface area contributed by atoms with Crippen molar-refractivity contribution in [1.29, 1.82) is 0 Å². The number of Topliss-reactive ketones (excluding diaryl/α,β-unsaturated/α-hetero) is 1. The minimum atomic E-state index is -0.295. The molecule has 14 heavy (non-hydrogen) atoms. The number of amides is 1. The highest BCUT2D eigenvalue weighted by Crippen LogP contribution is 2.08. The molecule has 0 spiro atoms. The number of methoxy groups -OCH3 is 1. The predicted octanol–water partition coefficient (Wildman–Crippen LogP) is 0.605. The number of unbranched alkanes of at least 4 members (excludes halogenated alkanes) is 2. The van der Waals surface area contributed by atoms with E-state index in [2.05, 4.69) is 0 Å². The van der Waals surface area contributed by atoms with Crippen molar-refractivity contribution in [3.8, 4) is 0 Å². The fourth-order valence-corrected chi connectivity index (χ4v) is 1.56. The third-order valence-corrected chi connectivity index (χ3v) is 2.41. The van der Waals surface area contributed by atoms with Gasteiger partial charge in [-0.25, -0.2) is 0 Å². The predicted molar refractivity (Wildman–Crippen MR) is 51.9 cm³/mol. The van der Waals surface area contributed by atoms with Gasteiger partial charge >= 0.3 is 0 Å². The molecule has 1 amide bonds. The SMILES string of the molecule is COCCCCCN1CCC(=O)C1=O. The molecular weight excluding hydrogens is 182 g/mol. The number of nitrogens with zero attached hydrogens (tertiary/aromatic N) is 1. The summed E-state index contributed by atoms with van der Waals surface area (Å²) in [7, 11) is 1.68. The third kappa shape index (κ3) is 3.10. The molecule has 1 fully saturated rings. The summed E-state index contributed by atoms with van der Waals surface area (Å²) in [6.45, 7) is 2.10. The lowest BCUT2D eigenvalue weighted by Gasteiger charge is -2.13. The summed E-state index contributed by atoms with van der Waals surface area (Å²) in [4.78, 5) is 23.7. The van der Waals surface area contributed by atoms with E-state index in [-0.39, 0.29) is 11.7 Å². The highest BCUT2D eigenvalue weighted by Gasteiger charge is 2.28. The zero-order valence-electron chi connectivity index (χ0n) is 8.62. The Labute approximate surface area is 84.2 Å². The summed E-state index contributed by atoms with van der Waals surface area (Å²) in [5.41, 5.74) is 0. The van der Waals surface area contributed by atoms with E-state index in [0.29, 0.717) is 19.5 Å². The quantitative estimate of drug-likeness (QED) is 0.465. The van der Waals surface area contributed by atoms with Crippen molar-refractivity contribution in [1.82, 2.24) is 4.90 Å². The van der Waals surface area contributed by atoms with Crippen LogP contribution in [-0.2, 0) is 14.3 Å². The van der Waals surface area contributed by atoms with Gasteiger partial charge in [0.25, 0.3) is 5.91 Å². The van der Waals surface area contributed by atoms with Crippen LogP contribution in [0.2, 0.25) is 0 Å². The standard InChI is InChI=1S/C10H17NO3/c1-14-8-4-2-3-6-11-7-5-9(12)10(11)13/h2-8H2,1H3. The Morgan fingerprint density at radius 3 is 2.64 bits per heavy atom. The molecule has 80 valence electrons. The summed E-state index contributed by atoms with van der Waals surface area (Å²) in [6, 6.07) is 0. The van der Waals surface area contributed by atoms with E-state index in [9.17, 15) is 9.59 Å². The largest absolute Gasteiger partial charge is 0.385 e. The lowest BCUT2D eigenvalue weighted by atomic mass is 10.2. The van der Waals surface area contributed by atoms with Gasteiger partial charge in [-0.1, -0.05) is 0 Å². The second kappa shape index (κ2) is 5.75. The van der Waals surface area contributed by atoms with Crippen LogP contribution < -0.4 is 0 Å². The Balaban J connectivity index is 2.07. The molecule has 0 radical (unpaired) electrons. The fourth-order valence-electron chi connectivity index (χ4n) is 1.56. The molecule has 1 saturated heterocycles. The molecule has 1 rings (SSSR count). The van der Waals surface area contributed by atoms with Crippen LogP contribution in [0, 0.1) is 0 Å². The first-order valence-electron chi connectivity index (χ1n) is 5.06. The molecule has 4 heteroatoms. The fraction of sp³-hybridized carbons (Fsp3) is 0.800. The number of ether oxygens (including phenoxy) is 1. The topological polar surface area (TPSA) is 46.6 Å². The zero-order valence-corrected chi connectivity index (χ0v) is 8.62. The Bertz CT molecular complexity index is 215. The molecule has 0 N–H and O–H groups in total. The van der Waals surface area contributed by atoms with Gasteiger partial charge in [-0.05, 0) is 19.3 Å². The number of hydrogen-bond acceptors (Lipinski definition) is 3. The number of carbonyl (C=O) groups excluding carboxylic acids is 2. The van der Waals surface area contributed by atoms with E-state index in [0.717, 1.165) is 25.9 Å². The van der Waals surface area contributed by atoms with Crippen LogP contribution >= 0.6 is 0 Å². The van der Waals surface area contributed by atoms with Gasteiger partial charge in [-0.3, -0.25) is 9.59 Å². The number of likely N-dealkylation sites (tertiary alicyclic amines) is 1. The van der Waals surface area contributed by atoms with E-state index in [1.807, 2.05) is 0 Å². The maximum absolute atomic E-state index is 11.2. The molecule has 1 heterocycles. The van der Waals surface area contributed by atoms with E-state index < -0.39 is 0 Å². The Hall–Kier alpha value is -0.900. The van der Waals surface area contributed by atoms with Crippen molar-refractivity contribution < 1.29 is 14.3 Å². The Kier molecular flexibility index (Phi) is 4.59. The second-order valence-electron chi connectivity index (χ2n) is 3.52. The van der Waals surface area contributed by atoms with Crippen LogP contribution in [0.5, 0.6) is 0 Å². The molecule has 0 aromatic rings. The van der Waals surface area contributed by atoms with Crippen molar-refractivity contribution >= 4 is 11.7 Å². The normalized spacial score (nSPS) is 16.8. The summed E-state index contributed by atoms with van der Waals surface area (Å²) >= 11 is 0. The van der Waals surface area contributed by atoms with Gasteiger partial charge in [0.15, 0.2) is 0 Å². The van der Waals surface area contributed by atoms with Gasteiger partial charge in [0.2, 0.25) is 5.78 Å². The van der Waals surface area contributed by atoms with E-state index in [4.69, 9.17) is 4.74 Å². The van der Waals surface area contributed by atoms with Crippen molar-refractivity contribution in [2.45, 2.75) is 25.7 Å². The van der Waals surface area contributed by atoms with Crippen LogP contribution in [0.15, 0.2) is 0 Å². The van der Waals surface area contributed by atoms with Crippen molar-refractivity contribution in [2.24, 2.45) is 0 Å². The lowest BCUT2D eigenvalue weighted by molar-refractivity contribution is -0.140. The molecule has 0 aromatic heterocycles. The molecule has 0 saturated carbocycles. The molecule has 0 bridgehead atoms. The van der Waals surface area contributed by atoms with Gasteiger partial charge in [-0.15, -0.1) is 0 Å². The minimum absolute atomic E-state index is 0.234. The monoisotopic (exact) mass is 199 g/mol. The molecule has 0 aliphatic carbocycles. The van der Waals surface area contributed by atoms with Crippen LogP contribution in [0.4, 0.5) is 0 Å². The molecule has 4 nitrogen and oxygen atoms in total. The van der Waals surface area contributed by atoms with E-state index in [1.165, 1.54) is 0 Å². The smallest absolute Gasteiger partial charge is 0.290 e. The van der Waals surface area contributed by atoms with Gasteiger partial charge in [-0.2, -0.15) is 0 Å². The molecular formula is C10H17NO3. The third-order valence-electron chi connectivity index (χ3n) is 2.41. The first-order chi connectivity index (χ1) is 6.75. The van der Waals surface area contributed by atoms with Crippen molar-refractivity contribution in [2.75, 3.05) is 26.8 Å². The second-order valence-corrected chi connectivity index (χ2v) is 3.52. The summed E-state index contributed by atoms with van der Waals surface area (Å²) < 4.78 is 4.92. The highest BCUT2D eigenvalue weighted by molar-refractivity contribution is 6.37. The van der Waals surface area contributed by atoms with Crippen molar-refractivity contribution in [3.63, 3.8) is 0 Å². The maximum Gasteiger partial charge on any atom is 0.290 e. The van der Waals surface area contributed by atoms with Crippen molar-refractivity contribution in [3.05, 3.63) is 0 Å². The van der Waals surface area contributed by atoms with Crippen LogP contribution in [0.25, 0.3) is 0 Å². The van der Waals surface area contributed by atoms with Gasteiger partial charge in [0.05, 0.1) is 0 Å². The Morgan fingerprint density at radius 2 is 2.07 bits per heavy atom. The highest BCUT2D eigenvalue weighted by atomic mass is 16.5. The summed E-state index contributed by atoms with van der Waals surface area (Å²) in [5, 5.41) is 0. The number of carbonyl (C=O) groups is 2.